The van der Waals surface area contributed by atoms with Crippen LogP contribution in [0.5, 0.6) is 0 Å². The molecule has 0 amide bonds. The summed E-state index contributed by atoms with van der Waals surface area (Å²) in [5.41, 5.74) is 0.966. The maximum atomic E-state index is 11.7. The van der Waals surface area contributed by atoms with Crippen LogP contribution < -0.4 is 0 Å². The molecule has 1 aromatic rings. The van der Waals surface area contributed by atoms with Crippen molar-refractivity contribution in [3.63, 3.8) is 0 Å². The minimum atomic E-state index is -0.539. The van der Waals surface area contributed by atoms with Crippen LogP contribution in [-0.4, -0.2) is 26.2 Å². The maximum absolute atomic E-state index is 11.7. The lowest BCUT2D eigenvalue weighted by atomic mass is 9.91. The quantitative estimate of drug-likeness (QED) is 0.592. The second-order valence-corrected chi connectivity index (χ2v) is 3.68. The molecule has 0 heterocycles. The van der Waals surface area contributed by atoms with Gasteiger partial charge in [-0.05, 0) is 18.1 Å². The molecule has 1 unspecified atom stereocenters. The van der Waals surface area contributed by atoms with Gasteiger partial charge in [0.25, 0.3) is 0 Å². The molecule has 0 aliphatic carbocycles. The van der Waals surface area contributed by atoms with Crippen LogP contribution in [-0.2, 0) is 14.3 Å². The van der Waals surface area contributed by atoms with E-state index in [9.17, 15) is 9.59 Å². The van der Waals surface area contributed by atoms with Crippen LogP contribution in [0.2, 0.25) is 0 Å². The highest BCUT2D eigenvalue weighted by atomic mass is 16.5. The Balaban J connectivity index is 3.22. The molecule has 4 nitrogen and oxygen atoms in total. The highest BCUT2D eigenvalue weighted by Crippen LogP contribution is 2.25. The predicted molar refractivity (Wildman–Crippen MR) is 67.4 cm³/mol. The van der Waals surface area contributed by atoms with Crippen LogP contribution in [0.1, 0.15) is 28.3 Å². The molecule has 0 aromatic heterocycles. The first kappa shape index (κ1) is 14.0. The smallest absolute Gasteiger partial charge is 0.338 e. The van der Waals surface area contributed by atoms with E-state index in [1.165, 1.54) is 14.2 Å². The predicted octanol–water partition coefficient (Wildman–Crippen LogP) is 2.31. The Morgan fingerprint density at radius 3 is 2.50 bits per heavy atom. The van der Waals surface area contributed by atoms with Crippen LogP contribution in [0.3, 0.4) is 0 Å². The molecule has 0 N–H and O–H groups in total. The topological polar surface area (TPSA) is 52.6 Å². The van der Waals surface area contributed by atoms with E-state index < -0.39 is 17.9 Å². The molecule has 1 atom stereocenters. The van der Waals surface area contributed by atoms with Crippen molar-refractivity contribution in [2.24, 2.45) is 0 Å². The third kappa shape index (κ3) is 2.97. The lowest BCUT2D eigenvalue weighted by molar-refractivity contribution is -0.142. The van der Waals surface area contributed by atoms with Gasteiger partial charge in [-0.15, -0.1) is 6.58 Å². The number of carbonyl (C=O) groups excluding carboxylic acids is 2. The summed E-state index contributed by atoms with van der Waals surface area (Å²) in [4.78, 5) is 23.4. The van der Waals surface area contributed by atoms with Gasteiger partial charge in [0.05, 0.1) is 25.7 Å². The van der Waals surface area contributed by atoms with E-state index in [1.54, 1.807) is 30.3 Å². The fourth-order valence-corrected chi connectivity index (χ4v) is 1.76. The third-order valence-electron chi connectivity index (χ3n) is 2.63. The summed E-state index contributed by atoms with van der Waals surface area (Å²) in [5.74, 6) is -1.40. The Morgan fingerprint density at radius 1 is 1.28 bits per heavy atom. The van der Waals surface area contributed by atoms with Gasteiger partial charge in [-0.1, -0.05) is 24.3 Å². The number of ether oxygens (including phenoxy) is 2. The Bertz CT molecular complexity index is 451. The van der Waals surface area contributed by atoms with Crippen LogP contribution >= 0.6 is 0 Å². The Kier molecular flexibility index (Phi) is 5.11. The average Bonchev–Trinajstić information content (AvgIpc) is 2.43. The van der Waals surface area contributed by atoms with Gasteiger partial charge in [-0.3, -0.25) is 4.79 Å². The summed E-state index contributed by atoms with van der Waals surface area (Å²) < 4.78 is 9.45. The zero-order valence-electron chi connectivity index (χ0n) is 10.5. The van der Waals surface area contributed by atoms with Crippen LogP contribution in [0.15, 0.2) is 36.9 Å². The number of carbonyl (C=O) groups is 2. The summed E-state index contributed by atoms with van der Waals surface area (Å²) in [5, 5.41) is 0. The summed E-state index contributed by atoms with van der Waals surface area (Å²) >= 11 is 0. The second-order valence-electron chi connectivity index (χ2n) is 3.68. The van der Waals surface area contributed by atoms with Gasteiger partial charge in [0, 0.05) is 0 Å². The zero-order chi connectivity index (χ0) is 13.5. The molecule has 0 aliphatic heterocycles. The van der Waals surface area contributed by atoms with Gasteiger partial charge in [0.1, 0.15) is 0 Å². The Hall–Kier alpha value is -2.10. The highest BCUT2D eigenvalue weighted by Gasteiger charge is 2.25. The van der Waals surface area contributed by atoms with E-state index in [2.05, 4.69) is 6.58 Å². The zero-order valence-corrected chi connectivity index (χ0v) is 10.5. The van der Waals surface area contributed by atoms with Crippen LogP contribution in [0, 0.1) is 0 Å². The summed E-state index contributed by atoms with van der Waals surface area (Å²) in [7, 11) is 2.62. The molecule has 0 saturated heterocycles. The van der Waals surface area contributed by atoms with E-state index in [0.29, 0.717) is 17.5 Å². The summed E-state index contributed by atoms with van der Waals surface area (Å²) in [6.07, 6.45) is 2.02. The number of hydrogen-bond donors (Lipinski definition) is 0. The van der Waals surface area contributed by atoms with Crippen LogP contribution in [0.4, 0.5) is 0 Å². The second kappa shape index (κ2) is 6.59. The molecule has 0 fully saturated rings. The summed E-state index contributed by atoms with van der Waals surface area (Å²) in [6.45, 7) is 3.61. The molecule has 18 heavy (non-hydrogen) atoms. The minimum Gasteiger partial charge on any atom is -0.469 e. The van der Waals surface area contributed by atoms with Crippen molar-refractivity contribution < 1.29 is 19.1 Å². The van der Waals surface area contributed by atoms with Gasteiger partial charge < -0.3 is 9.47 Å². The molecular formula is C14H16O4. The SMILES string of the molecule is C=CCC(C(=O)OC)c1ccccc1C(=O)OC. The molecule has 0 saturated carbocycles. The number of allylic oxidation sites excluding steroid dienone is 1. The largest absolute Gasteiger partial charge is 0.469 e. The van der Waals surface area contributed by atoms with E-state index >= 15 is 0 Å². The van der Waals surface area contributed by atoms with Crippen molar-refractivity contribution in [3.8, 4) is 0 Å². The molecule has 0 radical (unpaired) electrons. The standard InChI is InChI=1S/C14H16O4/c1-4-7-11(13(15)17-2)10-8-5-6-9-12(10)14(16)18-3/h4-6,8-9,11H,1,7H2,2-3H3. The van der Waals surface area contributed by atoms with Gasteiger partial charge in [-0.25, -0.2) is 4.79 Å². The van der Waals surface area contributed by atoms with Crippen molar-refractivity contribution in [2.75, 3.05) is 14.2 Å². The molecule has 0 spiro atoms. The summed E-state index contributed by atoms with van der Waals surface area (Å²) in [6, 6.07) is 6.83. The molecule has 1 rings (SSSR count). The van der Waals surface area contributed by atoms with Crippen molar-refractivity contribution in [1.82, 2.24) is 0 Å². The Morgan fingerprint density at radius 2 is 1.94 bits per heavy atom. The fourth-order valence-electron chi connectivity index (χ4n) is 1.76. The van der Waals surface area contributed by atoms with Crippen molar-refractivity contribution in [2.45, 2.75) is 12.3 Å². The lowest BCUT2D eigenvalue weighted by Gasteiger charge is -2.16. The van der Waals surface area contributed by atoms with Crippen molar-refractivity contribution in [3.05, 3.63) is 48.0 Å². The highest BCUT2D eigenvalue weighted by molar-refractivity contribution is 5.93. The monoisotopic (exact) mass is 248 g/mol. The first-order valence-corrected chi connectivity index (χ1v) is 5.51. The molecular weight excluding hydrogens is 232 g/mol. The molecule has 96 valence electrons. The van der Waals surface area contributed by atoms with Gasteiger partial charge in [-0.2, -0.15) is 0 Å². The number of rotatable bonds is 5. The minimum absolute atomic E-state index is 0.372. The average molecular weight is 248 g/mol. The van der Waals surface area contributed by atoms with Crippen molar-refractivity contribution >= 4 is 11.9 Å². The number of hydrogen-bond acceptors (Lipinski definition) is 4. The van der Waals surface area contributed by atoms with E-state index in [0.717, 1.165) is 0 Å². The molecule has 1 aromatic carbocycles. The van der Waals surface area contributed by atoms with Gasteiger partial charge in [0.15, 0.2) is 0 Å². The fraction of sp³-hybridized carbons (Fsp3) is 0.286. The first-order valence-electron chi connectivity index (χ1n) is 5.51. The van der Waals surface area contributed by atoms with E-state index in [1.807, 2.05) is 0 Å². The first-order chi connectivity index (χ1) is 8.65. The Labute approximate surface area is 106 Å². The van der Waals surface area contributed by atoms with E-state index in [4.69, 9.17) is 9.47 Å². The number of benzene rings is 1. The van der Waals surface area contributed by atoms with Crippen molar-refractivity contribution in [1.29, 1.82) is 0 Å². The third-order valence-corrected chi connectivity index (χ3v) is 2.63. The molecule has 0 bridgehead atoms. The van der Waals surface area contributed by atoms with Gasteiger partial charge >= 0.3 is 11.9 Å². The maximum Gasteiger partial charge on any atom is 0.338 e. The van der Waals surface area contributed by atoms with E-state index in [-0.39, 0.29) is 0 Å². The number of methoxy groups -OCH3 is 2. The normalized spacial score (nSPS) is 11.4. The number of esters is 2. The molecule has 4 heteroatoms. The van der Waals surface area contributed by atoms with Crippen LogP contribution in [0.25, 0.3) is 0 Å². The molecule has 0 aliphatic rings. The van der Waals surface area contributed by atoms with Gasteiger partial charge in [0.2, 0.25) is 0 Å². The lowest BCUT2D eigenvalue weighted by Crippen LogP contribution is -2.17.